The SMILES string of the molecule is [Ca+2].[F-].[O-2].[O-2].[Ti+4]. The Hall–Kier alpha value is 1.82. The molecule has 24 valence electrons. The quantitative estimate of drug-likeness (QED) is 0.311. The zero-order valence-electron chi connectivity index (χ0n) is 2.40. The van der Waals surface area contributed by atoms with Crippen molar-refractivity contribution >= 4 is 37.7 Å². The largest absolute Gasteiger partial charge is 4.00 e. The van der Waals surface area contributed by atoms with Gasteiger partial charge in [-0.15, -0.1) is 0 Å². The van der Waals surface area contributed by atoms with E-state index in [1.54, 1.807) is 0 Å². The second-order valence-corrected chi connectivity index (χ2v) is 0. The van der Waals surface area contributed by atoms with Gasteiger partial charge in [0, 0.05) is 0 Å². The first-order chi connectivity index (χ1) is 0. The van der Waals surface area contributed by atoms with Crippen molar-refractivity contribution < 1.29 is 37.4 Å². The third kappa shape index (κ3) is 25.6. The molecule has 0 unspecified atom stereocenters. The van der Waals surface area contributed by atoms with Gasteiger partial charge < -0.3 is 15.7 Å². The van der Waals surface area contributed by atoms with Gasteiger partial charge in [-0.05, 0) is 0 Å². The summed E-state index contributed by atoms with van der Waals surface area (Å²) in [6, 6.07) is 0. The minimum atomic E-state index is 0. The van der Waals surface area contributed by atoms with Crippen LogP contribution in [0, 0.1) is 0 Å². The van der Waals surface area contributed by atoms with E-state index in [1.165, 1.54) is 0 Å². The van der Waals surface area contributed by atoms with E-state index in [-0.39, 0.29) is 75.1 Å². The maximum atomic E-state index is 0. The van der Waals surface area contributed by atoms with E-state index in [0.717, 1.165) is 0 Å². The molecule has 0 amide bonds. The zero-order valence-corrected chi connectivity index (χ0v) is 6.17. The predicted molar refractivity (Wildman–Crippen MR) is 7.13 cm³/mol. The van der Waals surface area contributed by atoms with Crippen LogP contribution in [0.3, 0.4) is 0 Å². The summed E-state index contributed by atoms with van der Waals surface area (Å²) in [6.07, 6.45) is 0. The minimum Gasteiger partial charge on any atom is -2.00 e. The average molecular weight is 139 g/mol. The molecule has 0 spiro atoms. The molecule has 0 heterocycles. The number of hydrogen-bond donors (Lipinski definition) is 0. The normalized spacial score (nSPS) is 0. The van der Waals surface area contributed by atoms with Gasteiger partial charge in [0.05, 0.1) is 0 Å². The fourth-order valence-corrected chi connectivity index (χ4v) is 0. The Morgan fingerprint density at radius 2 is 0.800 bits per heavy atom. The maximum Gasteiger partial charge on any atom is 4.00 e. The Morgan fingerprint density at radius 1 is 0.800 bits per heavy atom. The first-order valence-corrected chi connectivity index (χ1v) is 0. The van der Waals surface area contributed by atoms with E-state index >= 15 is 0 Å². The number of rotatable bonds is 0. The van der Waals surface area contributed by atoms with Gasteiger partial charge in [-0.1, -0.05) is 0 Å². The molecule has 0 saturated heterocycles. The van der Waals surface area contributed by atoms with Gasteiger partial charge in [-0.3, -0.25) is 0 Å². The molecule has 5 heteroatoms. The zero-order chi connectivity index (χ0) is 0. The Kier molecular flexibility index (Phi) is 567. The van der Waals surface area contributed by atoms with Crippen LogP contribution < -0.4 is 4.70 Å². The van der Waals surface area contributed by atoms with Crippen LogP contribution in [0.2, 0.25) is 0 Å². The van der Waals surface area contributed by atoms with Crippen molar-refractivity contribution in [3.63, 3.8) is 0 Å². The van der Waals surface area contributed by atoms with Gasteiger partial charge in [0.2, 0.25) is 0 Å². The van der Waals surface area contributed by atoms with Gasteiger partial charge in [0.25, 0.3) is 0 Å². The number of hydrogen-bond acceptors (Lipinski definition) is 0. The fraction of sp³-hybridized carbons (Fsp3) is 0. The van der Waals surface area contributed by atoms with E-state index in [2.05, 4.69) is 0 Å². The van der Waals surface area contributed by atoms with E-state index in [9.17, 15) is 0 Å². The molecule has 0 bridgehead atoms. The molecule has 0 aliphatic heterocycles. The first kappa shape index (κ1) is 69.6. The van der Waals surface area contributed by atoms with E-state index in [4.69, 9.17) is 0 Å². The molecule has 0 fully saturated rings. The average Bonchev–Trinajstić information content (AvgIpc) is 0. The summed E-state index contributed by atoms with van der Waals surface area (Å²) in [4.78, 5) is 0. The van der Waals surface area contributed by atoms with Gasteiger partial charge in [-0.2, -0.15) is 0 Å². The van der Waals surface area contributed by atoms with Crippen molar-refractivity contribution in [3.8, 4) is 0 Å². The number of halogens is 1. The van der Waals surface area contributed by atoms with Crippen LogP contribution in [-0.2, 0) is 32.7 Å². The van der Waals surface area contributed by atoms with Crippen LogP contribution in [-0.4, -0.2) is 37.7 Å². The molecular formula is CaFO2Ti+. The fourth-order valence-electron chi connectivity index (χ4n) is 0. The molecule has 0 aromatic carbocycles. The molecule has 0 aliphatic carbocycles. The Morgan fingerprint density at radius 3 is 0.800 bits per heavy atom. The van der Waals surface area contributed by atoms with E-state index < -0.39 is 0 Å². The Labute approximate surface area is 74.2 Å². The predicted octanol–water partition coefficient (Wildman–Crippen LogP) is -3.62. The van der Waals surface area contributed by atoms with Crippen LogP contribution in [0.4, 0.5) is 0 Å². The molecule has 0 saturated carbocycles. The topological polar surface area (TPSA) is 57.0 Å². The summed E-state index contributed by atoms with van der Waals surface area (Å²) in [5.74, 6) is 0. The second kappa shape index (κ2) is 40.7. The van der Waals surface area contributed by atoms with Crippen LogP contribution in [0.5, 0.6) is 0 Å². The van der Waals surface area contributed by atoms with Crippen molar-refractivity contribution in [3.05, 3.63) is 0 Å². The smallest absolute Gasteiger partial charge is 2.00 e. The molecular weight excluding hydrogens is 139 g/mol. The molecule has 0 N–H and O–H groups in total. The molecule has 0 aliphatic rings. The molecule has 0 radical (unpaired) electrons. The third-order valence-corrected chi connectivity index (χ3v) is 0. The first-order valence-electron chi connectivity index (χ1n) is 0. The summed E-state index contributed by atoms with van der Waals surface area (Å²) in [7, 11) is 0. The third-order valence-electron chi connectivity index (χ3n) is 0. The summed E-state index contributed by atoms with van der Waals surface area (Å²) in [6.45, 7) is 0. The van der Waals surface area contributed by atoms with Crippen molar-refractivity contribution in [2.45, 2.75) is 0 Å². The van der Waals surface area contributed by atoms with Gasteiger partial charge in [-0.25, -0.2) is 0 Å². The minimum absolute atomic E-state index is 0. The molecule has 0 aromatic heterocycles. The Balaban J connectivity index is 0. The van der Waals surface area contributed by atoms with Crippen molar-refractivity contribution in [1.82, 2.24) is 0 Å². The van der Waals surface area contributed by atoms with Crippen molar-refractivity contribution in [1.29, 1.82) is 0 Å². The molecule has 0 aromatic rings. The molecule has 2 nitrogen and oxygen atoms in total. The van der Waals surface area contributed by atoms with Gasteiger partial charge in [0.1, 0.15) is 0 Å². The molecule has 5 heavy (non-hydrogen) atoms. The summed E-state index contributed by atoms with van der Waals surface area (Å²) in [5.41, 5.74) is 0. The summed E-state index contributed by atoms with van der Waals surface area (Å²) in [5, 5.41) is 0. The molecule has 0 atom stereocenters. The van der Waals surface area contributed by atoms with Crippen molar-refractivity contribution in [2.24, 2.45) is 0 Å². The van der Waals surface area contributed by atoms with Crippen LogP contribution in [0.15, 0.2) is 0 Å². The monoisotopic (exact) mass is 139 g/mol. The van der Waals surface area contributed by atoms with Gasteiger partial charge >= 0.3 is 59.5 Å². The summed E-state index contributed by atoms with van der Waals surface area (Å²) >= 11 is 0. The van der Waals surface area contributed by atoms with Crippen LogP contribution >= 0.6 is 0 Å². The Bertz CT molecular complexity index is 9.61. The second-order valence-electron chi connectivity index (χ2n) is 0. The van der Waals surface area contributed by atoms with Crippen molar-refractivity contribution in [2.75, 3.05) is 0 Å². The maximum absolute atomic E-state index is 0. The standard InChI is InChI=1S/Ca.FH.2O.Ti/h;1H;;;/q+2;;2*-2;+4/p-1. The van der Waals surface area contributed by atoms with E-state index in [0.29, 0.717) is 0 Å². The summed E-state index contributed by atoms with van der Waals surface area (Å²) < 4.78 is 0. The molecule has 0 rings (SSSR count). The van der Waals surface area contributed by atoms with Crippen LogP contribution in [0.1, 0.15) is 0 Å². The van der Waals surface area contributed by atoms with Gasteiger partial charge in [0.15, 0.2) is 0 Å². The van der Waals surface area contributed by atoms with E-state index in [1.807, 2.05) is 0 Å². The van der Waals surface area contributed by atoms with Crippen LogP contribution in [0.25, 0.3) is 0 Å².